The van der Waals surface area contributed by atoms with Gasteiger partial charge < -0.3 is 4.90 Å². The summed E-state index contributed by atoms with van der Waals surface area (Å²) >= 11 is 0. The third-order valence-electron chi connectivity index (χ3n) is 4.49. The Morgan fingerprint density at radius 2 is 2.04 bits per heavy atom. The van der Waals surface area contributed by atoms with Gasteiger partial charge in [-0.05, 0) is 6.92 Å². The van der Waals surface area contributed by atoms with Crippen molar-refractivity contribution < 1.29 is 13.6 Å². The lowest BCUT2D eigenvalue weighted by atomic mass is 9.95. The van der Waals surface area contributed by atoms with Crippen LogP contribution in [0.5, 0.6) is 0 Å². The number of aromatic nitrogens is 2. The first kappa shape index (κ1) is 15.6. The summed E-state index contributed by atoms with van der Waals surface area (Å²) in [6, 6.07) is 9.55. The van der Waals surface area contributed by atoms with E-state index in [1.165, 1.54) is 11.8 Å². The summed E-state index contributed by atoms with van der Waals surface area (Å²) < 4.78 is 27.2. The monoisotopic (exact) mass is 319 g/mol. The van der Waals surface area contributed by atoms with Crippen molar-refractivity contribution in [2.45, 2.75) is 26.2 Å². The van der Waals surface area contributed by atoms with Crippen molar-refractivity contribution in [3.05, 3.63) is 41.6 Å². The van der Waals surface area contributed by atoms with Crippen LogP contribution >= 0.6 is 0 Å². The number of halogens is 2. The number of likely N-dealkylation sites (tertiary alicyclic amines) is 1. The number of amides is 1. The van der Waals surface area contributed by atoms with Crippen LogP contribution < -0.4 is 0 Å². The van der Waals surface area contributed by atoms with Crippen LogP contribution in [0.15, 0.2) is 30.3 Å². The average Bonchev–Trinajstić information content (AvgIpc) is 2.92. The van der Waals surface area contributed by atoms with Crippen molar-refractivity contribution in [2.24, 2.45) is 5.92 Å². The molecule has 1 unspecified atom stereocenters. The second kappa shape index (κ2) is 5.76. The van der Waals surface area contributed by atoms with Crippen molar-refractivity contribution in [3.63, 3.8) is 0 Å². The fourth-order valence-corrected chi connectivity index (χ4v) is 2.91. The molecule has 1 atom stereocenters. The number of rotatable bonds is 2. The standard InChI is InChI=1S/C17H19F2N3O/c1-11-10-22(9-8-17(11,18)19)16(23)15-12(2)14(20-21-15)13-6-4-3-5-7-13/h3-7,11H,8-10H2,1-2H3,(H,20,21). The van der Waals surface area contributed by atoms with Crippen molar-refractivity contribution in [3.8, 4) is 11.3 Å². The minimum Gasteiger partial charge on any atom is -0.337 e. The quantitative estimate of drug-likeness (QED) is 0.921. The molecule has 0 radical (unpaired) electrons. The van der Waals surface area contributed by atoms with Crippen molar-refractivity contribution in [2.75, 3.05) is 13.1 Å². The molecule has 2 heterocycles. The molecule has 1 amide bonds. The molecule has 1 aliphatic rings. The highest BCUT2D eigenvalue weighted by Crippen LogP contribution is 2.34. The first-order valence-corrected chi connectivity index (χ1v) is 7.67. The van der Waals surface area contributed by atoms with Gasteiger partial charge in [0, 0.05) is 36.6 Å². The molecule has 1 aromatic heterocycles. The fourth-order valence-electron chi connectivity index (χ4n) is 2.91. The first-order chi connectivity index (χ1) is 10.9. The predicted octanol–water partition coefficient (Wildman–Crippen LogP) is 3.50. The molecule has 0 saturated carbocycles. The minimum absolute atomic E-state index is 0.0605. The number of hydrogen-bond donors (Lipinski definition) is 1. The van der Waals surface area contributed by atoms with Crippen LogP contribution in [0.4, 0.5) is 8.78 Å². The van der Waals surface area contributed by atoms with E-state index >= 15 is 0 Å². The average molecular weight is 319 g/mol. The molecule has 1 aliphatic heterocycles. The highest BCUT2D eigenvalue weighted by atomic mass is 19.3. The number of carbonyl (C=O) groups excluding carboxylic acids is 1. The largest absolute Gasteiger partial charge is 0.337 e. The zero-order valence-corrected chi connectivity index (χ0v) is 13.1. The number of carbonyl (C=O) groups is 1. The van der Waals surface area contributed by atoms with Crippen molar-refractivity contribution in [1.29, 1.82) is 0 Å². The molecular weight excluding hydrogens is 300 g/mol. The number of hydrogen-bond acceptors (Lipinski definition) is 2. The van der Waals surface area contributed by atoms with Crippen LogP contribution in [0.1, 0.15) is 29.4 Å². The van der Waals surface area contributed by atoms with Gasteiger partial charge in [-0.1, -0.05) is 37.3 Å². The lowest BCUT2D eigenvalue weighted by Gasteiger charge is -2.36. The zero-order chi connectivity index (χ0) is 16.6. The number of aromatic amines is 1. The Bertz CT molecular complexity index is 712. The molecule has 23 heavy (non-hydrogen) atoms. The maximum Gasteiger partial charge on any atom is 0.272 e. The third kappa shape index (κ3) is 2.85. The number of nitrogens with one attached hydrogen (secondary N) is 1. The maximum atomic E-state index is 13.6. The second-order valence-corrected chi connectivity index (χ2v) is 6.10. The van der Waals surface area contributed by atoms with Gasteiger partial charge in [-0.15, -0.1) is 0 Å². The summed E-state index contributed by atoms with van der Waals surface area (Å²) in [5.41, 5.74) is 2.75. The third-order valence-corrected chi connectivity index (χ3v) is 4.49. The van der Waals surface area contributed by atoms with E-state index in [-0.39, 0.29) is 25.4 Å². The van der Waals surface area contributed by atoms with Crippen molar-refractivity contribution >= 4 is 5.91 Å². The summed E-state index contributed by atoms with van der Waals surface area (Å²) in [5, 5.41) is 7.01. The first-order valence-electron chi connectivity index (χ1n) is 7.67. The summed E-state index contributed by atoms with van der Waals surface area (Å²) in [6.07, 6.45) is -0.293. The summed E-state index contributed by atoms with van der Waals surface area (Å²) in [5.74, 6) is -3.80. The number of alkyl halides is 2. The van der Waals surface area contributed by atoms with Gasteiger partial charge in [0.1, 0.15) is 5.69 Å². The molecule has 1 aromatic carbocycles. The highest BCUT2D eigenvalue weighted by Gasteiger charge is 2.42. The van der Waals surface area contributed by atoms with Gasteiger partial charge in [-0.3, -0.25) is 9.89 Å². The topological polar surface area (TPSA) is 49.0 Å². The van der Waals surface area contributed by atoms with Crippen LogP contribution in [0, 0.1) is 12.8 Å². The fraction of sp³-hybridized carbons (Fsp3) is 0.412. The molecular formula is C17H19F2N3O. The summed E-state index contributed by atoms with van der Waals surface area (Å²) in [6.45, 7) is 3.43. The number of piperidine rings is 1. The van der Waals surface area contributed by atoms with E-state index in [0.29, 0.717) is 11.4 Å². The number of nitrogens with zero attached hydrogens (tertiary/aromatic N) is 2. The van der Waals surface area contributed by atoms with Crippen LogP contribution in [-0.4, -0.2) is 40.0 Å². The number of H-pyrrole nitrogens is 1. The van der Waals surface area contributed by atoms with E-state index in [9.17, 15) is 13.6 Å². The van der Waals surface area contributed by atoms with Crippen LogP contribution in [0.3, 0.4) is 0 Å². The van der Waals surface area contributed by atoms with Crippen LogP contribution in [-0.2, 0) is 0 Å². The molecule has 2 aromatic rings. The van der Waals surface area contributed by atoms with Crippen molar-refractivity contribution in [1.82, 2.24) is 15.1 Å². The Morgan fingerprint density at radius 3 is 2.70 bits per heavy atom. The summed E-state index contributed by atoms with van der Waals surface area (Å²) in [7, 11) is 0. The van der Waals surface area contributed by atoms with Gasteiger partial charge in [-0.25, -0.2) is 8.78 Å². The van der Waals surface area contributed by atoms with E-state index in [0.717, 1.165) is 11.1 Å². The van der Waals surface area contributed by atoms with Gasteiger partial charge in [0.05, 0.1) is 5.69 Å². The lowest BCUT2D eigenvalue weighted by molar-refractivity contribution is -0.0921. The van der Waals surface area contributed by atoms with Gasteiger partial charge in [0.25, 0.3) is 11.8 Å². The molecule has 4 nitrogen and oxygen atoms in total. The maximum absolute atomic E-state index is 13.6. The lowest BCUT2D eigenvalue weighted by Crippen LogP contribution is -2.48. The van der Waals surface area contributed by atoms with Gasteiger partial charge in [0.15, 0.2) is 0 Å². The molecule has 3 rings (SSSR count). The Kier molecular flexibility index (Phi) is 3.92. The predicted molar refractivity (Wildman–Crippen MR) is 83.4 cm³/mol. The Hall–Kier alpha value is -2.24. The van der Waals surface area contributed by atoms with E-state index in [4.69, 9.17) is 0 Å². The van der Waals surface area contributed by atoms with E-state index in [1.54, 1.807) is 0 Å². The molecule has 1 fully saturated rings. The molecule has 1 saturated heterocycles. The smallest absolute Gasteiger partial charge is 0.272 e. The Labute approximate surface area is 133 Å². The normalized spacial score (nSPS) is 20.5. The SMILES string of the molecule is Cc1c(-c2ccccc2)n[nH]c1C(=O)N1CCC(F)(F)C(C)C1. The van der Waals surface area contributed by atoms with E-state index in [2.05, 4.69) is 10.2 Å². The van der Waals surface area contributed by atoms with Crippen LogP contribution in [0.25, 0.3) is 11.3 Å². The molecule has 6 heteroatoms. The van der Waals surface area contributed by atoms with Gasteiger partial charge in [-0.2, -0.15) is 5.10 Å². The molecule has 0 aliphatic carbocycles. The number of benzene rings is 1. The van der Waals surface area contributed by atoms with Gasteiger partial charge in [0.2, 0.25) is 0 Å². The second-order valence-electron chi connectivity index (χ2n) is 6.10. The Morgan fingerprint density at radius 1 is 1.35 bits per heavy atom. The van der Waals surface area contributed by atoms with Gasteiger partial charge >= 0.3 is 0 Å². The van der Waals surface area contributed by atoms with E-state index in [1.807, 2.05) is 37.3 Å². The minimum atomic E-state index is -2.70. The van der Waals surface area contributed by atoms with Crippen LogP contribution in [0.2, 0.25) is 0 Å². The van der Waals surface area contributed by atoms with E-state index < -0.39 is 11.8 Å². The molecule has 0 bridgehead atoms. The molecule has 0 spiro atoms. The zero-order valence-electron chi connectivity index (χ0n) is 13.1. The highest BCUT2D eigenvalue weighted by molar-refractivity contribution is 5.95. The molecule has 1 N–H and O–H groups in total. The summed E-state index contributed by atoms with van der Waals surface area (Å²) in [4.78, 5) is 14.1. The Balaban J connectivity index is 1.83. The molecule has 122 valence electrons.